The molecule has 3 aromatic rings. The Balaban J connectivity index is 1.74. The van der Waals surface area contributed by atoms with Gasteiger partial charge in [-0.25, -0.2) is 13.9 Å². The molecule has 6 nitrogen and oxygen atoms in total. The standard InChI is InChI=1S/C26H31FN4O2/c1-26(2,3)28-25(32)31(16-18-14-15-18)17-20-23(19-10-6-5-7-11-19)29-30(4)24(20)33-22-13-9-8-12-21(22)27/h5-13,18H,14-17H2,1-4H3,(H,28,32). The zero-order chi connectivity index (χ0) is 23.6. The Morgan fingerprint density at radius 2 is 1.82 bits per heavy atom. The molecule has 0 unspecified atom stereocenters. The van der Waals surface area contributed by atoms with E-state index >= 15 is 0 Å². The van der Waals surface area contributed by atoms with Crippen molar-refractivity contribution in [3.05, 3.63) is 66.0 Å². The second kappa shape index (κ2) is 9.25. The predicted molar refractivity (Wildman–Crippen MR) is 127 cm³/mol. The number of nitrogens with zero attached hydrogens (tertiary/aromatic N) is 3. The highest BCUT2D eigenvalue weighted by atomic mass is 19.1. The quantitative estimate of drug-likeness (QED) is 0.499. The number of amides is 2. The number of ether oxygens (including phenoxy) is 1. The van der Waals surface area contributed by atoms with Crippen LogP contribution in [-0.2, 0) is 13.6 Å². The van der Waals surface area contributed by atoms with Gasteiger partial charge in [-0.05, 0) is 51.7 Å². The van der Waals surface area contributed by atoms with Crippen molar-refractivity contribution in [2.75, 3.05) is 6.54 Å². The van der Waals surface area contributed by atoms with Crippen LogP contribution in [-0.4, -0.2) is 32.8 Å². The summed E-state index contributed by atoms with van der Waals surface area (Å²) in [5.41, 5.74) is 2.02. The van der Waals surface area contributed by atoms with Crippen LogP contribution >= 0.6 is 0 Å². The molecule has 4 rings (SSSR count). The number of carbonyl (C=O) groups excluding carboxylic acids is 1. The second-order valence-electron chi connectivity index (χ2n) is 9.66. The number of hydrogen-bond donors (Lipinski definition) is 1. The Hall–Kier alpha value is -3.35. The van der Waals surface area contributed by atoms with Crippen LogP contribution in [0.15, 0.2) is 54.6 Å². The number of benzene rings is 2. The minimum Gasteiger partial charge on any atom is -0.436 e. The zero-order valence-electron chi connectivity index (χ0n) is 19.6. The number of para-hydroxylation sites is 1. The van der Waals surface area contributed by atoms with Crippen molar-refractivity contribution in [1.82, 2.24) is 20.0 Å². The summed E-state index contributed by atoms with van der Waals surface area (Å²) in [6.07, 6.45) is 2.24. The van der Waals surface area contributed by atoms with Gasteiger partial charge in [0.25, 0.3) is 0 Å². The van der Waals surface area contributed by atoms with Crippen molar-refractivity contribution in [1.29, 1.82) is 0 Å². The maximum absolute atomic E-state index is 14.4. The fraction of sp³-hybridized carbons (Fsp3) is 0.385. The summed E-state index contributed by atoms with van der Waals surface area (Å²) in [5.74, 6) is 0.590. The molecule has 0 bridgehead atoms. The summed E-state index contributed by atoms with van der Waals surface area (Å²) in [6.45, 7) is 6.86. The first-order valence-corrected chi connectivity index (χ1v) is 11.3. The summed E-state index contributed by atoms with van der Waals surface area (Å²) in [4.78, 5) is 15.0. The lowest BCUT2D eigenvalue weighted by atomic mass is 10.1. The van der Waals surface area contributed by atoms with Crippen molar-refractivity contribution >= 4 is 6.03 Å². The number of aryl methyl sites for hydroxylation is 1. The molecular weight excluding hydrogens is 419 g/mol. The lowest BCUT2D eigenvalue weighted by Gasteiger charge is -2.29. The van der Waals surface area contributed by atoms with E-state index in [1.807, 2.05) is 56.0 Å². The first kappa shape index (κ1) is 22.8. The molecule has 1 aliphatic rings. The van der Waals surface area contributed by atoms with Gasteiger partial charge >= 0.3 is 6.03 Å². The van der Waals surface area contributed by atoms with Gasteiger partial charge in [0.2, 0.25) is 5.88 Å². The lowest BCUT2D eigenvalue weighted by Crippen LogP contribution is -2.48. The Morgan fingerprint density at radius 1 is 1.15 bits per heavy atom. The van der Waals surface area contributed by atoms with Crippen LogP contribution in [0.4, 0.5) is 9.18 Å². The molecule has 0 aliphatic heterocycles. The molecule has 1 N–H and O–H groups in total. The van der Waals surface area contributed by atoms with Crippen molar-refractivity contribution in [2.45, 2.75) is 45.7 Å². The van der Waals surface area contributed by atoms with Crippen LogP contribution in [0, 0.1) is 11.7 Å². The number of urea groups is 1. The largest absolute Gasteiger partial charge is 0.436 e. The smallest absolute Gasteiger partial charge is 0.318 e. The molecule has 0 spiro atoms. The molecule has 1 fully saturated rings. The molecule has 1 saturated carbocycles. The van der Waals surface area contributed by atoms with Crippen LogP contribution in [0.2, 0.25) is 0 Å². The molecule has 174 valence electrons. The van der Waals surface area contributed by atoms with Crippen LogP contribution in [0.5, 0.6) is 11.6 Å². The van der Waals surface area contributed by atoms with Gasteiger partial charge in [-0.2, -0.15) is 5.10 Å². The molecule has 0 saturated heterocycles. The maximum atomic E-state index is 14.4. The van der Waals surface area contributed by atoms with Crippen LogP contribution in [0.1, 0.15) is 39.2 Å². The van der Waals surface area contributed by atoms with Crippen LogP contribution < -0.4 is 10.1 Å². The monoisotopic (exact) mass is 450 g/mol. The van der Waals surface area contributed by atoms with Gasteiger partial charge in [0.05, 0.1) is 12.1 Å². The van der Waals surface area contributed by atoms with Gasteiger partial charge in [0.15, 0.2) is 11.6 Å². The lowest BCUT2D eigenvalue weighted by molar-refractivity contribution is 0.183. The Morgan fingerprint density at radius 3 is 2.45 bits per heavy atom. The van der Waals surface area contributed by atoms with Gasteiger partial charge in [-0.3, -0.25) is 0 Å². The molecule has 2 amide bonds. The minimum absolute atomic E-state index is 0.120. The normalized spacial score (nSPS) is 13.6. The predicted octanol–water partition coefficient (Wildman–Crippen LogP) is 5.74. The second-order valence-corrected chi connectivity index (χ2v) is 9.66. The van der Waals surface area contributed by atoms with Gasteiger partial charge < -0.3 is 15.0 Å². The number of aromatic nitrogens is 2. The van der Waals surface area contributed by atoms with E-state index in [1.54, 1.807) is 29.9 Å². The summed E-state index contributed by atoms with van der Waals surface area (Å²) >= 11 is 0. The number of nitrogens with one attached hydrogen (secondary N) is 1. The Labute approximate surface area is 194 Å². The average Bonchev–Trinajstić information content (AvgIpc) is 3.53. The molecule has 1 aromatic heterocycles. The highest BCUT2D eigenvalue weighted by Gasteiger charge is 2.31. The topological polar surface area (TPSA) is 59.4 Å². The SMILES string of the molecule is Cn1nc(-c2ccccc2)c(CN(CC2CC2)C(=O)NC(C)(C)C)c1Oc1ccccc1F. The third kappa shape index (κ3) is 5.72. The minimum atomic E-state index is -0.453. The number of hydrogen-bond acceptors (Lipinski definition) is 3. The van der Waals surface area contributed by atoms with Gasteiger partial charge in [0.1, 0.15) is 5.69 Å². The highest BCUT2D eigenvalue weighted by molar-refractivity contribution is 5.76. The van der Waals surface area contributed by atoms with E-state index in [-0.39, 0.29) is 17.3 Å². The molecule has 0 atom stereocenters. The number of halogens is 1. The number of rotatable bonds is 7. The van der Waals surface area contributed by atoms with Gasteiger partial charge in [-0.15, -0.1) is 0 Å². The van der Waals surface area contributed by atoms with Crippen molar-refractivity contribution in [2.24, 2.45) is 13.0 Å². The van der Waals surface area contributed by atoms with E-state index < -0.39 is 5.82 Å². The molecule has 2 aromatic carbocycles. The van der Waals surface area contributed by atoms with Gasteiger partial charge in [0, 0.05) is 24.7 Å². The van der Waals surface area contributed by atoms with E-state index in [4.69, 9.17) is 9.84 Å². The van der Waals surface area contributed by atoms with Crippen LogP contribution in [0.3, 0.4) is 0 Å². The first-order valence-electron chi connectivity index (χ1n) is 11.3. The zero-order valence-corrected chi connectivity index (χ0v) is 19.6. The third-order valence-corrected chi connectivity index (χ3v) is 5.47. The van der Waals surface area contributed by atoms with Crippen molar-refractivity contribution in [3.63, 3.8) is 0 Å². The summed E-state index contributed by atoms with van der Waals surface area (Å²) in [5, 5.41) is 7.78. The van der Waals surface area contributed by atoms with E-state index in [0.29, 0.717) is 30.6 Å². The average molecular weight is 451 g/mol. The Kier molecular flexibility index (Phi) is 6.40. The molecule has 0 radical (unpaired) electrons. The van der Waals surface area contributed by atoms with E-state index in [2.05, 4.69) is 5.32 Å². The van der Waals surface area contributed by atoms with Gasteiger partial charge in [-0.1, -0.05) is 42.5 Å². The third-order valence-electron chi connectivity index (χ3n) is 5.47. The summed E-state index contributed by atoms with van der Waals surface area (Å²) in [7, 11) is 1.77. The molecule has 33 heavy (non-hydrogen) atoms. The maximum Gasteiger partial charge on any atom is 0.318 e. The molecule has 1 heterocycles. The van der Waals surface area contributed by atoms with E-state index in [1.165, 1.54) is 6.07 Å². The molecular formula is C26H31FN4O2. The highest BCUT2D eigenvalue weighted by Crippen LogP contribution is 2.36. The number of carbonyl (C=O) groups is 1. The molecule has 7 heteroatoms. The Bertz CT molecular complexity index is 1120. The summed E-state index contributed by atoms with van der Waals surface area (Å²) in [6, 6.07) is 15.9. The van der Waals surface area contributed by atoms with E-state index in [0.717, 1.165) is 24.0 Å². The van der Waals surface area contributed by atoms with Crippen molar-refractivity contribution < 1.29 is 13.9 Å². The van der Waals surface area contributed by atoms with Crippen molar-refractivity contribution in [3.8, 4) is 22.9 Å². The summed E-state index contributed by atoms with van der Waals surface area (Å²) < 4.78 is 22.1. The van der Waals surface area contributed by atoms with E-state index in [9.17, 15) is 9.18 Å². The van der Waals surface area contributed by atoms with Crippen LogP contribution in [0.25, 0.3) is 11.3 Å². The fourth-order valence-corrected chi connectivity index (χ4v) is 3.70. The fourth-order valence-electron chi connectivity index (χ4n) is 3.70. The first-order chi connectivity index (χ1) is 15.7. The molecule has 1 aliphatic carbocycles.